The highest BCUT2D eigenvalue weighted by molar-refractivity contribution is 6.04. The first-order valence-corrected chi connectivity index (χ1v) is 11.9. The first kappa shape index (κ1) is 24.2. The average molecular weight is 472 g/mol. The molecule has 9 nitrogen and oxygen atoms in total. The van der Waals surface area contributed by atoms with E-state index in [2.05, 4.69) is 25.3 Å². The molecule has 0 aliphatic carbocycles. The molecule has 2 amide bonds. The maximum Gasteiger partial charge on any atom is 0.310 e. The normalized spacial score (nSPS) is 29.3. The van der Waals surface area contributed by atoms with Gasteiger partial charge in [-0.25, -0.2) is 0 Å². The highest BCUT2D eigenvalue weighted by Crippen LogP contribution is 2.58. The lowest BCUT2D eigenvalue weighted by molar-refractivity contribution is -0.149. The molecular formula is C25H33N3O6. The van der Waals surface area contributed by atoms with Crippen molar-refractivity contribution in [3.63, 3.8) is 0 Å². The van der Waals surface area contributed by atoms with Crippen LogP contribution in [-0.4, -0.2) is 83.4 Å². The van der Waals surface area contributed by atoms with Crippen LogP contribution in [0.25, 0.3) is 0 Å². The molecule has 9 heteroatoms. The maximum atomic E-state index is 14.1. The number of rotatable bonds is 10. The van der Waals surface area contributed by atoms with E-state index in [1.807, 2.05) is 24.3 Å². The summed E-state index contributed by atoms with van der Waals surface area (Å²) in [6.45, 7) is 9.49. The fourth-order valence-corrected chi connectivity index (χ4v) is 6.09. The second kappa shape index (κ2) is 9.38. The second-order valence-electron chi connectivity index (χ2n) is 9.08. The molecule has 3 saturated heterocycles. The van der Waals surface area contributed by atoms with Crippen molar-refractivity contribution in [3.8, 4) is 0 Å². The van der Waals surface area contributed by atoms with Gasteiger partial charge in [0.1, 0.15) is 11.6 Å². The number of carbonyl (C=O) groups is 3. The zero-order chi connectivity index (χ0) is 24.6. The topological polar surface area (TPSA) is 111 Å². The Bertz CT molecular complexity index is 962. The average Bonchev–Trinajstić information content (AvgIpc) is 3.46. The van der Waals surface area contributed by atoms with E-state index >= 15 is 0 Å². The number of nitrogens with zero attached hydrogens (tertiary/aromatic N) is 3. The molecular weight excluding hydrogens is 438 g/mol. The molecule has 1 spiro atoms. The zero-order valence-electron chi connectivity index (χ0n) is 19.7. The molecule has 4 rings (SSSR count). The van der Waals surface area contributed by atoms with Gasteiger partial charge >= 0.3 is 5.97 Å². The number of amides is 2. The predicted octanol–water partition coefficient (Wildman–Crippen LogP) is 1.50. The van der Waals surface area contributed by atoms with E-state index in [0.717, 1.165) is 18.8 Å². The van der Waals surface area contributed by atoms with Gasteiger partial charge in [0.25, 0.3) is 5.91 Å². The highest BCUT2D eigenvalue weighted by Gasteiger charge is 2.74. The van der Waals surface area contributed by atoms with E-state index in [0.29, 0.717) is 18.5 Å². The number of carboxylic acid groups (broad SMARTS) is 1. The summed E-state index contributed by atoms with van der Waals surface area (Å²) in [6.07, 6.45) is 1.95. The third kappa shape index (κ3) is 3.58. The molecule has 3 heterocycles. The van der Waals surface area contributed by atoms with E-state index in [1.165, 1.54) is 4.90 Å². The fraction of sp³-hybridized carbons (Fsp3) is 0.560. The summed E-state index contributed by atoms with van der Waals surface area (Å²) >= 11 is 0. The van der Waals surface area contributed by atoms with Gasteiger partial charge in [-0.2, -0.15) is 0 Å². The number of fused-ring (bicyclic) bond motifs is 1. The molecule has 3 aliphatic heterocycles. The number of anilines is 2. The minimum atomic E-state index is -1.20. The Hall–Kier alpha value is -2.91. The smallest absolute Gasteiger partial charge is 0.310 e. The first-order valence-electron chi connectivity index (χ1n) is 11.9. The number of hydrogen-bond acceptors (Lipinski definition) is 6. The van der Waals surface area contributed by atoms with Crippen molar-refractivity contribution in [1.82, 2.24) is 4.90 Å². The molecule has 2 N–H and O–H groups in total. The van der Waals surface area contributed by atoms with Crippen LogP contribution in [0.15, 0.2) is 36.9 Å². The molecule has 1 aromatic rings. The number of aliphatic hydroxyl groups is 1. The highest BCUT2D eigenvalue weighted by atomic mass is 16.5. The number of hydrogen-bond donors (Lipinski definition) is 2. The quantitative estimate of drug-likeness (QED) is 0.498. The van der Waals surface area contributed by atoms with Crippen molar-refractivity contribution in [1.29, 1.82) is 0 Å². The number of β-amino-alcohol motifs (C(OH)–C–C–N with tert-alkyl or cyclic N) is 1. The minimum Gasteiger partial charge on any atom is -0.481 e. The molecule has 3 aliphatic rings. The standard InChI is InChI=1S/C25H33N3O6/c1-4-13-27(17-9-7-16(8-10-17)26(5-2)6-3)23(31)21-25-12-11-18(34-25)19(24(32)33)20(25)22(30)28(21)14-15-29/h4,7-10,18-21,29H,1,5-6,11-15H2,2-3H3,(H,32,33)/t18-,19+,20+,21-,25+/m0/s1. The van der Waals surface area contributed by atoms with Gasteiger partial charge in [-0.3, -0.25) is 14.4 Å². The third-order valence-corrected chi connectivity index (χ3v) is 7.53. The van der Waals surface area contributed by atoms with Gasteiger partial charge in [0, 0.05) is 37.6 Å². The molecule has 5 atom stereocenters. The summed E-state index contributed by atoms with van der Waals surface area (Å²) < 4.78 is 6.18. The minimum absolute atomic E-state index is 0.0588. The summed E-state index contributed by atoms with van der Waals surface area (Å²) in [6, 6.07) is 6.63. The number of ether oxygens (including phenoxy) is 1. The molecule has 0 saturated carbocycles. The number of benzene rings is 1. The van der Waals surface area contributed by atoms with Crippen molar-refractivity contribution in [2.24, 2.45) is 11.8 Å². The molecule has 184 valence electrons. The third-order valence-electron chi connectivity index (χ3n) is 7.53. The van der Waals surface area contributed by atoms with Crippen molar-refractivity contribution in [3.05, 3.63) is 36.9 Å². The Morgan fingerprint density at radius 1 is 1.24 bits per heavy atom. The monoisotopic (exact) mass is 471 g/mol. The number of aliphatic hydroxyl groups excluding tert-OH is 1. The fourth-order valence-electron chi connectivity index (χ4n) is 6.09. The van der Waals surface area contributed by atoms with Gasteiger partial charge in [-0.05, 0) is 51.0 Å². The predicted molar refractivity (Wildman–Crippen MR) is 127 cm³/mol. The number of aliphatic carboxylic acids is 1. The summed E-state index contributed by atoms with van der Waals surface area (Å²) in [5.41, 5.74) is 0.496. The molecule has 0 unspecified atom stereocenters. The summed E-state index contributed by atoms with van der Waals surface area (Å²) in [7, 11) is 0. The summed E-state index contributed by atoms with van der Waals surface area (Å²) in [5, 5.41) is 19.4. The van der Waals surface area contributed by atoms with Crippen LogP contribution in [0.1, 0.15) is 26.7 Å². The van der Waals surface area contributed by atoms with Gasteiger partial charge < -0.3 is 29.6 Å². The molecule has 3 fully saturated rings. The van der Waals surface area contributed by atoms with Gasteiger partial charge in [0.05, 0.1) is 24.5 Å². The second-order valence-corrected chi connectivity index (χ2v) is 9.08. The van der Waals surface area contributed by atoms with E-state index in [-0.39, 0.29) is 25.6 Å². The Morgan fingerprint density at radius 3 is 2.44 bits per heavy atom. The Balaban J connectivity index is 1.71. The van der Waals surface area contributed by atoms with Crippen LogP contribution < -0.4 is 9.80 Å². The lowest BCUT2D eigenvalue weighted by atomic mass is 9.70. The van der Waals surface area contributed by atoms with E-state index in [1.54, 1.807) is 11.0 Å². The number of carboxylic acids is 1. The summed E-state index contributed by atoms with van der Waals surface area (Å²) in [5.74, 6) is -3.79. The number of carbonyl (C=O) groups excluding carboxylic acids is 2. The SMILES string of the molecule is C=CCN(C(=O)[C@@H]1N(CCO)C(=O)[C@H]2[C@H](C(=O)O)[C@@H]3CC[C@]12O3)c1ccc(N(CC)CC)cc1. The molecule has 0 radical (unpaired) electrons. The lowest BCUT2D eigenvalue weighted by Gasteiger charge is -2.36. The Kier molecular flexibility index (Phi) is 6.69. The van der Waals surface area contributed by atoms with E-state index in [9.17, 15) is 24.6 Å². The zero-order valence-corrected chi connectivity index (χ0v) is 19.7. The largest absolute Gasteiger partial charge is 0.481 e. The maximum absolute atomic E-state index is 14.1. The van der Waals surface area contributed by atoms with Gasteiger partial charge in [0.15, 0.2) is 0 Å². The van der Waals surface area contributed by atoms with Crippen molar-refractivity contribution < 1.29 is 29.3 Å². The van der Waals surface area contributed by atoms with Crippen molar-refractivity contribution in [2.45, 2.75) is 44.4 Å². The molecule has 1 aromatic carbocycles. The summed E-state index contributed by atoms with van der Waals surface area (Å²) in [4.78, 5) is 44.5. The van der Waals surface area contributed by atoms with Gasteiger partial charge in [-0.1, -0.05) is 6.08 Å². The van der Waals surface area contributed by atoms with E-state index in [4.69, 9.17) is 4.74 Å². The van der Waals surface area contributed by atoms with Crippen molar-refractivity contribution in [2.75, 3.05) is 42.6 Å². The van der Waals surface area contributed by atoms with Crippen LogP contribution in [0.3, 0.4) is 0 Å². The molecule has 0 aromatic heterocycles. The van der Waals surface area contributed by atoms with Gasteiger partial charge in [-0.15, -0.1) is 6.58 Å². The van der Waals surface area contributed by atoms with E-state index < -0.39 is 41.5 Å². The lowest BCUT2D eigenvalue weighted by Crippen LogP contribution is -2.56. The Morgan fingerprint density at radius 2 is 1.88 bits per heavy atom. The van der Waals surface area contributed by atoms with Crippen LogP contribution >= 0.6 is 0 Å². The van der Waals surface area contributed by atoms with Crippen LogP contribution in [0.2, 0.25) is 0 Å². The van der Waals surface area contributed by atoms with Crippen molar-refractivity contribution >= 4 is 29.2 Å². The van der Waals surface area contributed by atoms with Crippen LogP contribution in [0.4, 0.5) is 11.4 Å². The Labute approximate surface area is 199 Å². The number of likely N-dealkylation sites (tertiary alicyclic amines) is 1. The van der Waals surface area contributed by atoms with Crippen LogP contribution in [-0.2, 0) is 19.1 Å². The van der Waals surface area contributed by atoms with Crippen LogP contribution in [0.5, 0.6) is 0 Å². The van der Waals surface area contributed by atoms with Crippen LogP contribution in [0, 0.1) is 11.8 Å². The van der Waals surface area contributed by atoms with Gasteiger partial charge in [0.2, 0.25) is 5.91 Å². The first-order chi connectivity index (χ1) is 16.3. The molecule has 34 heavy (non-hydrogen) atoms. The molecule has 2 bridgehead atoms.